The summed E-state index contributed by atoms with van der Waals surface area (Å²) in [5.74, 6) is 0.912. The summed E-state index contributed by atoms with van der Waals surface area (Å²) in [6.07, 6.45) is 8.06. The van der Waals surface area contributed by atoms with Gasteiger partial charge in [0.15, 0.2) is 0 Å². The molecule has 1 nitrogen and oxygen atoms in total. The topological polar surface area (TPSA) is 12.0 Å². The molecule has 0 radical (unpaired) electrons. The van der Waals surface area contributed by atoms with Crippen molar-refractivity contribution >= 4 is 0 Å². The van der Waals surface area contributed by atoms with Crippen LogP contribution in [0.4, 0.5) is 0 Å². The maximum absolute atomic E-state index is 3.99. The van der Waals surface area contributed by atoms with Gasteiger partial charge < -0.3 is 5.32 Å². The first-order valence-electron chi connectivity index (χ1n) is 8.75. The Bertz CT molecular complexity index is 404. The van der Waals surface area contributed by atoms with Crippen molar-refractivity contribution in [2.75, 3.05) is 0 Å². The molecule has 118 valence electrons. The van der Waals surface area contributed by atoms with E-state index in [4.69, 9.17) is 0 Å². The fourth-order valence-electron chi connectivity index (χ4n) is 3.51. The molecule has 0 aromatic heterocycles. The number of hydrogen-bond donors (Lipinski definition) is 1. The zero-order valence-corrected chi connectivity index (χ0v) is 14.4. The van der Waals surface area contributed by atoms with Crippen LogP contribution in [-0.4, -0.2) is 6.04 Å². The van der Waals surface area contributed by atoms with Crippen LogP contribution in [-0.2, 0) is 0 Å². The normalized spacial score (nSPS) is 25.3. The van der Waals surface area contributed by atoms with Gasteiger partial charge in [0.1, 0.15) is 0 Å². The highest BCUT2D eigenvalue weighted by molar-refractivity contribution is 5.19. The fraction of sp³-hybridized carbons (Fsp3) is 0.700. The molecule has 1 saturated carbocycles. The van der Waals surface area contributed by atoms with E-state index < -0.39 is 0 Å². The quantitative estimate of drug-likeness (QED) is 0.698. The summed E-state index contributed by atoms with van der Waals surface area (Å²) >= 11 is 0. The van der Waals surface area contributed by atoms with E-state index in [1.54, 1.807) is 0 Å². The van der Waals surface area contributed by atoms with Gasteiger partial charge in [-0.2, -0.15) is 0 Å². The minimum Gasteiger partial charge on any atom is -0.307 e. The highest BCUT2D eigenvalue weighted by Gasteiger charge is 2.24. The number of hydrogen-bond acceptors (Lipinski definition) is 1. The predicted molar refractivity (Wildman–Crippen MR) is 92.4 cm³/mol. The van der Waals surface area contributed by atoms with Gasteiger partial charge >= 0.3 is 0 Å². The summed E-state index contributed by atoms with van der Waals surface area (Å²) in [5, 5.41) is 3.99. The Balaban J connectivity index is 2.05. The first kappa shape index (κ1) is 16.5. The van der Waals surface area contributed by atoms with E-state index in [1.807, 2.05) is 0 Å². The summed E-state index contributed by atoms with van der Waals surface area (Å²) in [5.41, 5.74) is 1.80. The zero-order chi connectivity index (χ0) is 15.3. The van der Waals surface area contributed by atoms with E-state index in [0.29, 0.717) is 17.5 Å². The van der Waals surface area contributed by atoms with Gasteiger partial charge in [-0.15, -0.1) is 0 Å². The summed E-state index contributed by atoms with van der Waals surface area (Å²) in [6, 6.07) is 12.2. The van der Waals surface area contributed by atoms with Crippen molar-refractivity contribution in [2.24, 2.45) is 11.3 Å². The summed E-state index contributed by atoms with van der Waals surface area (Å²) in [4.78, 5) is 0. The van der Waals surface area contributed by atoms with Crippen molar-refractivity contribution in [1.82, 2.24) is 5.32 Å². The molecule has 0 aliphatic heterocycles. The molecule has 1 heteroatoms. The monoisotopic (exact) mass is 287 g/mol. The van der Waals surface area contributed by atoms with Crippen LogP contribution in [0.1, 0.15) is 77.8 Å². The Labute approximate surface area is 131 Å². The van der Waals surface area contributed by atoms with Crippen molar-refractivity contribution in [2.45, 2.75) is 78.3 Å². The molecule has 1 N–H and O–H groups in total. The average Bonchev–Trinajstić information content (AvgIpc) is 2.63. The third kappa shape index (κ3) is 5.82. The van der Waals surface area contributed by atoms with Gasteiger partial charge in [-0.25, -0.2) is 0 Å². The predicted octanol–water partition coefficient (Wildman–Crippen LogP) is 5.72. The summed E-state index contributed by atoms with van der Waals surface area (Å²) in [6.45, 7) is 9.45. The molecule has 21 heavy (non-hydrogen) atoms. The Morgan fingerprint density at radius 2 is 1.76 bits per heavy atom. The molecular weight excluding hydrogens is 254 g/mol. The second kappa shape index (κ2) is 7.45. The van der Waals surface area contributed by atoms with Gasteiger partial charge in [0, 0.05) is 12.1 Å². The molecule has 0 saturated heterocycles. The van der Waals surface area contributed by atoms with E-state index in [1.165, 1.54) is 44.1 Å². The van der Waals surface area contributed by atoms with E-state index in [-0.39, 0.29) is 0 Å². The zero-order valence-electron chi connectivity index (χ0n) is 14.4. The van der Waals surface area contributed by atoms with Gasteiger partial charge in [0.05, 0.1) is 0 Å². The molecule has 0 amide bonds. The van der Waals surface area contributed by atoms with Crippen LogP contribution >= 0.6 is 0 Å². The lowest BCUT2D eigenvalue weighted by atomic mass is 9.85. The number of benzene rings is 1. The molecule has 0 spiro atoms. The lowest BCUT2D eigenvalue weighted by molar-refractivity contribution is 0.283. The Kier molecular flexibility index (Phi) is 5.87. The van der Waals surface area contributed by atoms with Gasteiger partial charge in [-0.3, -0.25) is 0 Å². The third-order valence-electron chi connectivity index (χ3n) is 4.71. The van der Waals surface area contributed by atoms with Crippen molar-refractivity contribution in [3.05, 3.63) is 35.9 Å². The lowest BCUT2D eigenvalue weighted by Crippen LogP contribution is -2.34. The standard InChI is InChI=1S/C20H33N/c1-16-9-8-12-18(14-13-16)21-19(15-20(2,3)4)17-10-6-5-7-11-17/h5-7,10-11,16,18-19,21H,8-9,12-15H2,1-4H3. The molecular formula is C20H33N. The Morgan fingerprint density at radius 1 is 1.05 bits per heavy atom. The van der Waals surface area contributed by atoms with Crippen LogP contribution in [0.3, 0.4) is 0 Å². The Morgan fingerprint density at radius 3 is 2.43 bits per heavy atom. The number of rotatable bonds is 4. The van der Waals surface area contributed by atoms with Crippen LogP contribution < -0.4 is 5.32 Å². The van der Waals surface area contributed by atoms with Crippen molar-refractivity contribution in [3.63, 3.8) is 0 Å². The second-order valence-electron chi connectivity index (χ2n) is 8.21. The van der Waals surface area contributed by atoms with Crippen LogP contribution in [0.5, 0.6) is 0 Å². The highest BCUT2D eigenvalue weighted by Crippen LogP contribution is 2.31. The molecule has 2 rings (SSSR count). The first-order valence-corrected chi connectivity index (χ1v) is 8.75. The maximum Gasteiger partial charge on any atom is 0.0327 e. The molecule has 3 unspecified atom stereocenters. The van der Waals surface area contributed by atoms with Crippen LogP contribution in [0.15, 0.2) is 30.3 Å². The average molecular weight is 287 g/mol. The molecule has 1 aromatic carbocycles. The van der Waals surface area contributed by atoms with Crippen LogP contribution in [0.2, 0.25) is 0 Å². The van der Waals surface area contributed by atoms with Gasteiger partial charge in [0.25, 0.3) is 0 Å². The first-order chi connectivity index (χ1) is 9.94. The van der Waals surface area contributed by atoms with Gasteiger partial charge in [-0.05, 0) is 42.6 Å². The molecule has 1 aliphatic carbocycles. The molecule has 1 aromatic rings. The van der Waals surface area contributed by atoms with E-state index in [2.05, 4.69) is 63.3 Å². The minimum atomic E-state index is 0.353. The minimum absolute atomic E-state index is 0.353. The van der Waals surface area contributed by atoms with Crippen molar-refractivity contribution in [1.29, 1.82) is 0 Å². The van der Waals surface area contributed by atoms with Crippen molar-refractivity contribution < 1.29 is 0 Å². The van der Waals surface area contributed by atoms with Crippen LogP contribution in [0, 0.1) is 11.3 Å². The summed E-state index contributed by atoms with van der Waals surface area (Å²) in [7, 11) is 0. The number of nitrogens with one attached hydrogen (secondary N) is 1. The second-order valence-corrected chi connectivity index (χ2v) is 8.21. The van der Waals surface area contributed by atoms with E-state index >= 15 is 0 Å². The smallest absolute Gasteiger partial charge is 0.0327 e. The highest BCUT2D eigenvalue weighted by atomic mass is 15.0. The van der Waals surface area contributed by atoms with Gasteiger partial charge in [0.2, 0.25) is 0 Å². The van der Waals surface area contributed by atoms with Crippen molar-refractivity contribution in [3.8, 4) is 0 Å². The summed E-state index contributed by atoms with van der Waals surface area (Å²) < 4.78 is 0. The van der Waals surface area contributed by atoms with E-state index in [0.717, 1.165) is 5.92 Å². The Hall–Kier alpha value is -0.820. The molecule has 0 bridgehead atoms. The van der Waals surface area contributed by atoms with Gasteiger partial charge in [-0.1, -0.05) is 70.9 Å². The molecule has 1 aliphatic rings. The molecule has 0 heterocycles. The molecule has 3 atom stereocenters. The lowest BCUT2D eigenvalue weighted by Gasteiger charge is -2.31. The third-order valence-corrected chi connectivity index (χ3v) is 4.71. The van der Waals surface area contributed by atoms with E-state index in [9.17, 15) is 0 Å². The largest absolute Gasteiger partial charge is 0.307 e. The molecule has 1 fully saturated rings. The SMILES string of the molecule is CC1CCCC(NC(CC(C)(C)C)c2ccccc2)CC1. The van der Waals surface area contributed by atoms with Crippen LogP contribution in [0.25, 0.3) is 0 Å². The maximum atomic E-state index is 3.99. The fourth-order valence-corrected chi connectivity index (χ4v) is 3.51.